The Kier molecular flexibility index (Phi) is 4.24. The molecule has 2 aromatic rings. The van der Waals surface area contributed by atoms with Crippen LogP contribution < -0.4 is 0 Å². The molecule has 0 amide bonds. The van der Waals surface area contributed by atoms with Crippen LogP contribution in [0.25, 0.3) is 0 Å². The first-order chi connectivity index (χ1) is 9.49. The molecule has 20 heavy (non-hydrogen) atoms. The van der Waals surface area contributed by atoms with Gasteiger partial charge in [0.15, 0.2) is 0 Å². The molecule has 5 nitrogen and oxygen atoms in total. The lowest BCUT2D eigenvalue weighted by molar-refractivity contribution is -0.144. The van der Waals surface area contributed by atoms with E-state index in [-0.39, 0.29) is 5.16 Å². The number of aromatic nitrogens is 4. The molecule has 0 spiro atoms. The lowest BCUT2D eigenvalue weighted by Crippen LogP contribution is -2.19. The number of rotatable bonds is 4. The Morgan fingerprint density at radius 2 is 2.05 bits per heavy atom. The Bertz CT molecular complexity index is 631. The van der Waals surface area contributed by atoms with Gasteiger partial charge < -0.3 is 0 Å². The molecule has 9 heteroatoms. The third-order valence-electron chi connectivity index (χ3n) is 2.32. The fourth-order valence-corrected chi connectivity index (χ4v) is 2.35. The summed E-state index contributed by atoms with van der Waals surface area (Å²) in [5.74, 6) is 0.321. The Hall–Kier alpha value is -2.08. The minimum Gasteiger partial charge on any atom is -0.211 e. The van der Waals surface area contributed by atoms with E-state index in [1.54, 1.807) is 24.3 Å². The number of alkyl halides is 3. The van der Waals surface area contributed by atoms with Gasteiger partial charge in [-0.25, -0.2) is 4.68 Å². The number of tetrazole rings is 1. The first kappa shape index (κ1) is 14.3. The number of hydrogen-bond donors (Lipinski definition) is 0. The maximum Gasteiger partial charge on any atom is 0.408 e. The Balaban J connectivity index is 2.09. The van der Waals surface area contributed by atoms with Gasteiger partial charge in [-0.2, -0.15) is 18.4 Å². The second-order valence-corrected chi connectivity index (χ2v) is 4.73. The number of nitrogens with zero attached hydrogens (tertiary/aromatic N) is 5. The largest absolute Gasteiger partial charge is 0.408 e. The summed E-state index contributed by atoms with van der Waals surface area (Å²) < 4.78 is 37.6. The summed E-state index contributed by atoms with van der Waals surface area (Å²) in [6, 6.07) is 8.90. The van der Waals surface area contributed by atoms with E-state index in [9.17, 15) is 13.2 Å². The van der Waals surface area contributed by atoms with Crippen LogP contribution in [0.15, 0.2) is 29.4 Å². The van der Waals surface area contributed by atoms with Gasteiger partial charge in [-0.15, -0.1) is 5.10 Å². The van der Waals surface area contributed by atoms with E-state index in [1.165, 1.54) is 0 Å². The van der Waals surface area contributed by atoms with Gasteiger partial charge in [0.2, 0.25) is 5.16 Å². The van der Waals surface area contributed by atoms with Crippen LogP contribution in [0.2, 0.25) is 0 Å². The van der Waals surface area contributed by atoms with E-state index in [2.05, 4.69) is 15.5 Å². The van der Waals surface area contributed by atoms with Crippen LogP contribution in [0.5, 0.6) is 0 Å². The van der Waals surface area contributed by atoms with Crippen LogP contribution in [0, 0.1) is 11.3 Å². The molecule has 2 rings (SSSR count). The second-order valence-electron chi connectivity index (χ2n) is 3.79. The zero-order valence-electron chi connectivity index (χ0n) is 10.0. The average Bonchev–Trinajstić information content (AvgIpc) is 2.81. The van der Waals surface area contributed by atoms with Crippen LogP contribution in [-0.4, -0.2) is 26.4 Å². The summed E-state index contributed by atoms with van der Waals surface area (Å²) >= 11 is 1.05. The molecule has 0 aliphatic carbocycles. The second kappa shape index (κ2) is 5.92. The van der Waals surface area contributed by atoms with E-state index in [1.807, 2.05) is 6.07 Å². The molecule has 1 aromatic heterocycles. The molecule has 0 radical (unpaired) electrons. The highest BCUT2D eigenvalue weighted by Crippen LogP contribution is 2.24. The standard InChI is InChI=1S/C11H8F3N5S/c12-11(13,14)7-19-10(16-17-18-19)20-6-9-4-2-1-3-8(9)5-15/h1-4H,6-7H2. The molecular weight excluding hydrogens is 291 g/mol. The van der Waals surface area contributed by atoms with E-state index < -0.39 is 12.7 Å². The van der Waals surface area contributed by atoms with E-state index in [4.69, 9.17) is 5.26 Å². The van der Waals surface area contributed by atoms with Crippen molar-refractivity contribution in [3.63, 3.8) is 0 Å². The van der Waals surface area contributed by atoms with Crippen molar-refractivity contribution in [2.24, 2.45) is 0 Å². The summed E-state index contributed by atoms with van der Waals surface area (Å²) in [6.45, 7) is -1.23. The van der Waals surface area contributed by atoms with Crippen molar-refractivity contribution in [3.8, 4) is 6.07 Å². The van der Waals surface area contributed by atoms with Crippen molar-refractivity contribution in [2.75, 3.05) is 0 Å². The first-order valence-electron chi connectivity index (χ1n) is 5.43. The molecule has 1 aromatic carbocycles. The van der Waals surface area contributed by atoms with Crippen molar-refractivity contribution >= 4 is 11.8 Å². The lowest BCUT2D eigenvalue weighted by atomic mass is 10.1. The van der Waals surface area contributed by atoms with Gasteiger partial charge in [0, 0.05) is 5.75 Å². The lowest BCUT2D eigenvalue weighted by Gasteiger charge is -2.07. The van der Waals surface area contributed by atoms with Crippen LogP contribution in [-0.2, 0) is 12.3 Å². The quantitative estimate of drug-likeness (QED) is 0.811. The number of benzene rings is 1. The minimum absolute atomic E-state index is 0.0649. The third-order valence-corrected chi connectivity index (χ3v) is 3.33. The molecule has 0 saturated heterocycles. The van der Waals surface area contributed by atoms with Gasteiger partial charge in [-0.1, -0.05) is 30.0 Å². The minimum atomic E-state index is -4.38. The molecule has 0 unspecified atom stereocenters. The molecular formula is C11H8F3N5S. The molecule has 1 heterocycles. The summed E-state index contributed by atoms with van der Waals surface area (Å²) in [4.78, 5) is 0. The molecule has 0 aliphatic rings. The fourth-order valence-electron chi connectivity index (χ4n) is 1.47. The van der Waals surface area contributed by atoms with Gasteiger partial charge in [-0.3, -0.25) is 0 Å². The maximum atomic E-state index is 12.3. The van der Waals surface area contributed by atoms with Crippen molar-refractivity contribution in [1.29, 1.82) is 5.26 Å². The van der Waals surface area contributed by atoms with Crippen molar-refractivity contribution < 1.29 is 13.2 Å². The molecule has 0 bridgehead atoms. The van der Waals surface area contributed by atoms with Gasteiger partial charge in [0.1, 0.15) is 6.54 Å². The van der Waals surface area contributed by atoms with E-state index >= 15 is 0 Å². The zero-order chi connectivity index (χ0) is 14.6. The topological polar surface area (TPSA) is 67.4 Å². The molecule has 0 fully saturated rings. The molecule has 0 N–H and O–H groups in total. The number of nitriles is 1. The highest BCUT2D eigenvalue weighted by Gasteiger charge is 2.30. The Morgan fingerprint density at radius 3 is 2.75 bits per heavy atom. The predicted molar refractivity (Wildman–Crippen MR) is 64.6 cm³/mol. The van der Waals surface area contributed by atoms with Crippen LogP contribution in [0.1, 0.15) is 11.1 Å². The predicted octanol–water partition coefficient (Wildman–Crippen LogP) is 2.40. The number of hydrogen-bond acceptors (Lipinski definition) is 5. The molecule has 0 atom stereocenters. The van der Waals surface area contributed by atoms with Crippen LogP contribution in [0.4, 0.5) is 13.2 Å². The summed E-state index contributed by atoms with van der Waals surface area (Å²) in [5, 5.41) is 19.1. The number of halogens is 3. The van der Waals surface area contributed by atoms with Crippen LogP contribution in [0.3, 0.4) is 0 Å². The summed E-state index contributed by atoms with van der Waals surface area (Å²) in [7, 11) is 0. The van der Waals surface area contributed by atoms with Crippen LogP contribution >= 0.6 is 11.8 Å². The third kappa shape index (κ3) is 3.71. The first-order valence-corrected chi connectivity index (χ1v) is 6.42. The summed E-state index contributed by atoms with van der Waals surface area (Å²) in [6.07, 6.45) is -4.38. The normalized spacial score (nSPS) is 11.3. The number of thioether (sulfide) groups is 1. The Morgan fingerprint density at radius 1 is 1.30 bits per heavy atom. The van der Waals surface area contributed by atoms with Crippen molar-refractivity contribution in [1.82, 2.24) is 20.2 Å². The zero-order valence-corrected chi connectivity index (χ0v) is 10.8. The highest BCUT2D eigenvalue weighted by atomic mass is 32.2. The van der Waals surface area contributed by atoms with Crippen molar-refractivity contribution in [2.45, 2.75) is 23.6 Å². The molecule has 104 valence electrons. The summed E-state index contributed by atoms with van der Waals surface area (Å²) in [5.41, 5.74) is 1.21. The van der Waals surface area contributed by atoms with E-state index in [0.717, 1.165) is 17.3 Å². The SMILES string of the molecule is N#Cc1ccccc1CSc1nnnn1CC(F)(F)F. The monoisotopic (exact) mass is 299 g/mol. The average molecular weight is 299 g/mol. The molecule has 0 saturated carbocycles. The molecule has 0 aliphatic heterocycles. The highest BCUT2D eigenvalue weighted by molar-refractivity contribution is 7.98. The van der Waals surface area contributed by atoms with Gasteiger partial charge in [0.25, 0.3) is 0 Å². The van der Waals surface area contributed by atoms with Gasteiger partial charge in [0.05, 0.1) is 11.6 Å². The van der Waals surface area contributed by atoms with Crippen molar-refractivity contribution in [3.05, 3.63) is 35.4 Å². The fraction of sp³-hybridized carbons (Fsp3) is 0.273. The maximum absolute atomic E-state index is 12.3. The van der Waals surface area contributed by atoms with Gasteiger partial charge >= 0.3 is 6.18 Å². The van der Waals surface area contributed by atoms with Gasteiger partial charge in [-0.05, 0) is 22.1 Å². The van der Waals surface area contributed by atoms with E-state index in [0.29, 0.717) is 16.0 Å². The smallest absolute Gasteiger partial charge is 0.211 e. The Labute approximate surface area is 116 Å².